The van der Waals surface area contributed by atoms with Crippen LogP contribution in [0.4, 0.5) is 10.9 Å². The van der Waals surface area contributed by atoms with Crippen LogP contribution < -0.4 is 15.0 Å². The molecule has 0 unspecified atom stereocenters. The van der Waals surface area contributed by atoms with Crippen LogP contribution in [0, 0.1) is 5.41 Å². The van der Waals surface area contributed by atoms with Gasteiger partial charge in [0.1, 0.15) is 5.82 Å². The summed E-state index contributed by atoms with van der Waals surface area (Å²) in [7, 11) is 1.71. The summed E-state index contributed by atoms with van der Waals surface area (Å²) >= 11 is 1.27. The number of anilines is 2. The molecule has 2 bridgehead atoms. The van der Waals surface area contributed by atoms with Crippen LogP contribution in [0.1, 0.15) is 19.3 Å². The number of carbonyl (C=O) groups is 1. The lowest BCUT2D eigenvalue weighted by Gasteiger charge is -2.67. The molecule has 148 valence electrons. The highest BCUT2D eigenvalue weighted by Crippen LogP contribution is 2.69. The van der Waals surface area contributed by atoms with E-state index in [2.05, 4.69) is 25.2 Å². The van der Waals surface area contributed by atoms with Crippen molar-refractivity contribution < 1.29 is 19.0 Å². The molecule has 0 radical (unpaired) electrons. The van der Waals surface area contributed by atoms with Crippen molar-refractivity contribution in [1.29, 1.82) is 0 Å². The van der Waals surface area contributed by atoms with Crippen molar-refractivity contribution in [1.82, 2.24) is 15.0 Å². The Kier molecular flexibility index (Phi) is 4.22. The quantitative estimate of drug-likeness (QED) is 0.783. The summed E-state index contributed by atoms with van der Waals surface area (Å²) in [6.45, 7) is 3.01. The molecule has 2 aromatic heterocycles. The molecule has 10 heteroatoms. The number of aromatic nitrogens is 3. The summed E-state index contributed by atoms with van der Waals surface area (Å²) in [5.41, 5.74) is -0.329. The molecule has 4 aliphatic rings. The van der Waals surface area contributed by atoms with Gasteiger partial charge in [0.2, 0.25) is 16.9 Å². The fourth-order valence-electron chi connectivity index (χ4n) is 4.17. The second-order valence-electron chi connectivity index (χ2n) is 7.55. The van der Waals surface area contributed by atoms with Crippen LogP contribution in [-0.4, -0.2) is 59.9 Å². The molecule has 0 atom stereocenters. The van der Waals surface area contributed by atoms with Crippen LogP contribution in [0.25, 0.3) is 0 Å². The Bertz CT molecular complexity index is 861. The number of thiazole rings is 1. The monoisotopic (exact) mass is 403 g/mol. The van der Waals surface area contributed by atoms with E-state index in [-0.39, 0.29) is 16.9 Å². The van der Waals surface area contributed by atoms with E-state index in [4.69, 9.17) is 14.2 Å². The van der Waals surface area contributed by atoms with Gasteiger partial charge in [-0.2, -0.15) is 0 Å². The number of amides is 1. The number of morpholine rings is 1. The zero-order chi connectivity index (χ0) is 19.2. The van der Waals surface area contributed by atoms with Gasteiger partial charge in [0, 0.05) is 20.2 Å². The van der Waals surface area contributed by atoms with Gasteiger partial charge in [0.15, 0.2) is 5.13 Å². The average Bonchev–Trinajstić information content (AvgIpc) is 3.08. The molecule has 9 nitrogen and oxygen atoms in total. The molecule has 6 rings (SSSR count). The maximum Gasteiger partial charge on any atom is 0.239 e. The SMILES string of the molecule is COC12CC(C(=O)Nc3ncc(Oc4cnc(N5CCOCC5)cn4)s3)(C1)C2. The highest BCUT2D eigenvalue weighted by Gasteiger charge is 2.72. The van der Waals surface area contributed by atoms with Gasteiger partial charge in [0.25, 0.3) is 0 Å². The zero-order valence-electron chi connectivity index (χ0n) is 15.5. The number of nitrogens with one attached hydrogen (secondary N) is 1. The van der Waals surface area contributed by atoms with E-state index >= 15 is 0 Å². The molecule has 1 aliphatic heterocycles. The lowest BCUT2D eigenvalue weighted by molar-refractivity contribution is -0.260. The molecule has 1 amide bonds. The van der Waals surface area contributed by atoms with Gasteiger partial charge >= 0.3 is 0 Å². The maximum atomic E-state index is 12.5. The molecule has 0 spiro atoms. The Morgan fingerprint density at radius 3 is 2.64 bits per heavy atom. The van der Waals surface area contributed by atoms with Gasteiger partial charge in [-0.15, -0.1) is 0 Å². The smallest absolute Gasteiger partial charge is 0.239 e. The van der Waals surface area contributed by atoms with Gasteiger partial charge in [-0.05, 0) is 19.3 Å². The van der Waals surface area contributed by atoms with Crippen LogP contribution in [-0.2, 0) is 14.3 Å². The topological polar surface area (TPSA) is 98.7 Å². The summed E-state index contributed by atoms with van der Waals surface area (Å²) in [4.78, 5) is 27.6. The minimum Gasteiger partial charge on any atom is -0.425 e. The van der Waals surface area contributed by atoms with Crippen molar-refractivity contribution in [3.05, 3.63) is 18.6 Å². The molecule has 2 aromatic rings. The van der Waals surface area contributed by atoms with Crippen molar-refractivity contribution >= 4 is 28.2 Å². The summed E-state index contributed by atoms with van der Waals surface area (Å²) in [6.07, 6.45) is 7.25. The predicted octanol–water partition coefficient (Wildman–Crippen LogP) is 2.07. The van der Waals surface area contributed by atoms with Crippen LogP contribution in [0.3, 0.4) is 0 Å². The Hall–Kier alpha value is -2.30. The average molecular weight is 403 g/mol. The molecular weight excluding hydrogens is 382 g/mol. The highest BCUT2D eigenvalue weighted by atomic mass is 32.1. The van der Waals surface area contributed by atoms with Gasteiger partial charge in [-0.1, -0.05) is 11.3 Å². The first kappa shape index (κ1) is 17.8. The number of methoxy groups -OCH3 is 1. The number of hydrogen-bond donors (Lipinski definition) is 1. The molecular formula is C18H21N5O4S. The number of hydrogen-bond acceptors (Lipinski definition) is 9. The Morgan fingerprint density at radius 1 is 1.18 bits per heavy atom. The van der Waals surface area contributed by atoms with Crippen LogP contribution in [0.5, 0.6) is 10.9 Å². The van der Waals surface area contributed by atoms with Gasteiger partial charge in [0.05, 0.1) is 42.8 Å². The third-order valence-electron chi connectivity index (χ3n) is 5.76. The third-order valence-corrected chi connectivity index (χ3v) is 6.55. The largest absolute Gasteiger partial charge is 0.425 e. The zero-order valence-corrected chi connectivity index (χ0v) is 16.3. The number of nitrogens with zero attached hydrogens (tertiary/aromatic N) is 4. The van der Waals surface area contributed by atoms with E-state index in [1.165, 1.54) is 11.3 Å². The Labute approximate surface area is 166 Å². The van der Waals surface area contributed by atoms with Crippen molar-refractivity contribution in [2.45, 2.75) is 24.9 Å². The minimum atomic E-state index is -0.274. The van der Waals surface area contributed by atoms with Crippen molar-refractivity contribution in [2.24, 2.45) is 5.41 Å². The summed E-state index contributed by atoms with van der Waals surface area (Å²) in [5, 5.41) is 3.97. The summed E-state index contributed by atoms with van der Waals surface area (Å²) in [6, 6.07) is 0. The standard InChI is InChI=1S/C18H21N5O4S/c1-25-18-9-17(10-18,11-18)15(24)22-16-21-8-14(28-16)27-13-7-19-12(6-20-13)23-2-4-26-5-3-23/h6-8H,2-5,9-11H2,1H3,(H,21,22,24). The first-order chi connectivity index (χ1) is 13.6. The normalized spacial score (nSPS) is 28.2. The molecule has 3 heterocycles. The van der Waals surface area contributed by atoms with Crippen LogP contribution >= 0.6 is 11.3 Å². The van der Waals surface area contributed by atoms with E-state index in [9.17, 15) is 4.79 Å². The first-order valence-corrected chi connectivity index (χ1v) is 10.1. The lowest BCUT2D eigenvalue weighted by atomic mass is 9.41. The minimum absolute atomic E-state index is 0.0157. The molecule has 1 N–H and O–H groups in total. The van der Waals surface area contributed by atoms with E-state index in [0.29, 0.717) is 29.3 Å². The van der Waals surface area contributed by atoms with E-state index in [1.807, 2.05) is 0 Å². The molecule has 1 saturated heterocycles. The fraction of sp³-hybridized carbons (Fsp3) is 0.556. The van der Waals surface area contributed by atoms with Crippen LogP contribution in [0.15, 0.2) is 18.6 Å². The molecule has 3 aliphatic carbocycles. The van der Waals surface area contributed by atoms with E-state index in [1.54, 1.807) is 25.7 Å². The number of carbonyl (C=O) groups excluding carboxylic acids is 1. The van der Waals surface area contributed by atoms with E-state index in [0.717, 1.165) is 38.2 Å². The summed E-state index contributed by atoms with van der Waals surface area (Å²) < 4.78 is 16.5. The fourth-order valence-corrected chi connectivity index (χ4v) is 4.84. The summed E-state index contributed by atoms with van der Waals surface area (Å²) in [5.74, 6) is 1.21. The first-order valence-electron chi connectivity index (χ1n) is 9.25. The molecule has 4 fully saturated rings. The molecule has 0 aromatic carbocycles. The van der Waals surface area contributed by atoms with E-state index < -0.39 is 0 Å². The second kappa shape index (κ2) is 6.64. The van der Waals surface area contributed by atoms with Crippen molar-refractivity contribution in [3.8, 4) is 10.9 Å². The van der Waals surface area contributed by atoms with Crippen LogP contribution in [0.2, 0.25) is 0 Å². The van der Waals surface area contributed by atoms with Crippen molar-refractivity contribution in [3.63, 3.8) is 0 Å². The maximum absolute atomic E-state index is 12.5. The lowest BCUT2D eigenvalue weighted by Crippen LogP contribution is -2.72. The van der Waals surface area contributed by atoms with Gasteiger partial charge in [-0.3, -0.25) is 4.79 Å². The number of rotatable bonds is 6. The Balaban J connectivity index is 1.17. The molecule has 28 heavy (non-hydrogen) atoms. The van der Waals surface area contributed by atoms with Gasteiger partial charge < -0.3 is 24.4 Å². The molecule has 3 saturated carbocycles. The highest BCUT2D eigenvalue weighted by molar-refractivity contribution is 7.17. The Morgan fingerprint density at radius 2 is 1.96 bits per heavy atom. The number of ether oxygens (including phenoxy) is 3. The van der Waals surface area contributed by atoms with Gasteiger partial charge in [-0.25, -0.2) is 15.0 Å². The predicted molar refractivity (Wildman–Crippen MR) is 102 cm³/mol. The van der Waals surface area contributed by atoms with Crippen molar-refractivity contribution in [2.75, 3.05) is 43.6 Å². The third kappa shape index (κ3) is 3.01. The second-order valence-corrected chi connectivity index (χ2v) is 8.54.